The van der Waals surface area contributed by atoms with Crippen LogP contribution in [0.5, 0.6) is 5.75 Å². The third-order valence-electron chi connectivity index (χ3n) is 11.2. The number of rotatable bonds is 27. The number of ether oxygens (including phenoxy) is 3. The lowest BCUT2D eigenvalue weighted by Crippen LogP contribution is -2.41. The number of unbranched alkanes of at least 4 members (excludes halogenated alkanes) is 2. The first-order chi connectivity index (χ1) is 32.6. The van der Waals surface area contributed by atoms with Gasteiger partial charge in [-0.05, 0) is 62.1 Å². The molecule has 4 amide bonds. The van der Waals surface area contributed by atoms with Crippen LogP contribution >= 0.6 is 11.8 Å². The van der Waals surface area contributed by atoms with Crippen molar-refractivity contribution in [3.63, 3.8) is 0 Å². The third-order valence-corrected chi connectivity index (χ3v) is 12.7. The maximum atomic E-state index is 13.3. The molecule has 4 aromatic rings. The van der Waals surface area contributed by atoms with Crippen LogP contribution in [-0.4, -0.2) is 102 Å². The van der Waals surface area contributed by atoms with Crippen LogP contribution in [0.4, 0.5) is 10.6 Å². The zero-order valence-corrected chi connectivity index (χ0v) is 38.5. The van der Waals surface area contributed by atoms with E-state index >= 15 is 0 Å². The fourth-order valence-electron chi connectivity index (χ4n) is 7.58. The van der Waals surface area contributed by atoms with E-state index in [-0.39, 0.29) is 48.7 Å². The minimum atomic E-state index is -0.869. The summed E-state index contributed by atoms with van der Waals surface area (Å²) in [5.41, 5.74) is 10.1. The van der Waals surface area contributed by atoms with Crippen molar-refractivity contribution in [2.24, 2.45) is 0 Å². The summed E-state index contributed by atoms with van der Waals surface area (Å²) in [5, 5.41) is 25.7. The molecule has 17 heteroatoms. The number of carbonyl (C=O) groups excluding carboxylic acids is 4. The van der Waals surface area contributed by atoms with Crippen molar-refractivity contribution in [1.82, 2.24) is 26.4 Å². The largest absolute Gasteiger partial charge is 0.489 e. The third kappa shape index (κ3) is 16.4. The van der Waals surface area contributed by atoms with Crippen molar-refractivity contribution in [2.45, 2.75) is 88.3 Å². The Hall–Kier alpha value is -6.48. The number of fused-ring (bicyclic) bond motifs is 1. The highest BCUT2D eigenvalue weighted by molar-refractivity contribution is 8.00. The van der Waals surface area contributed by atoms with E-state index in [9.17, 15) is 24.0 Å². The van der Waals surface area contributed by atoms with Crippen LogP contribution in [0.25, 0.3) is 11.3 Å². The van der Waals surface area contributed by atoms with Gasteiger partial charge >= 0.3 is 12.0 Å². The van der Waals surface area contributed by atoms with E-state index in [0.717, 1.165) is 36.1 Å². The minimum Gasteiger partial charge on any atom is -0.489 e. The maximum absolute atomic E-state index is 13.3. The van der Waals surface area contributed by atoms with E-state index in [0.29, 0.717) is 117 Å². The SMILES string of the molecule is Nc1ccc(-c2ccc(OCc3ccc(C(=O)c4ccccc4)cc3C#CCCCC(=O)NCCOCCOCCNC(=O)CCCC[C@H]3SC[C@H]4NC(=O)N[C@H]43)cc2)n[n+]1CCCC(=O)O. The van der Waals surface area contributed by atoms with Crippen molar-refractivity contribution in [3.8, 4) is 28.8 Å². The Balaban J connectivity index is 0.862. The topological polar surface area (TPSA) is 224 Å². The van der Waals surface area contributed by atoms with Gasteiger partial charge < -0.3 is 40.6 Å². The van der Waals surface area contributed by atoms with Gasteiger partial charge in [0, 0.05) is 83.7 Å². The highest BCUT2D eigenvalue weighted by atomic mass is 32.2. The second-order valence-electron chi connectivity index (χ2n) is 16.2. The molecule has 2 aliphatic heterocycles. The van der Waals surface area contributed by atoms with Gasteiger partial charge in [0.15, 0.2) is 5.78 Å². The first-order valence-electron chi connectivity index (χ1n) is 22.8. The lowest BCUT2D eigenvalue weighted by Gasteiger charge is -2.16. The summed E-state index contributed by atoms with van der Waals surface area (Å²) in [7, 11) is 0. The number of ketones is 1. The highest BCUT2D eigenvalue weighted by Gasteiger charge is 2.42. The zero-order valence-electron chi connectivity index (χ0n) is 37.6. The molecule has 0 radical (unpaired) electrons. The molecule has 1 aromatic heterocycles. The molecule has 0 spiro atoms. The normalized spacial score (nSPS) is 15.9. The number of carboxylic acids is 1. The molecule has 0 bridgehead atoms. The number of carboxylic acid groups (broad SMARTS) is 1. The number of hydrogen-bond acceptors (Lipinski definition) is 11. The van der Waals surface area contributed by atoms with Crippen LogP contribution in [0.3, 0.4) is 0 Å². The van der Waals surface area contributed by atoms with Gasteiger partial charge in [0.1, 0.15) is 24.6 Å². The molecular weight excluding hydrogens is 875 g/mol. The molecule has 3 atom stereocenters. The standard InChI is InChI=1S/C50H59N7O9S/c51-44-24-23-41(56-57(44)27-9-16-47(60)61)35-19-21-40(22-20-35)66-33-39-18-17-38(49(62)36-10-3-1-4-11-36)32-37(39)12-5-2-6-14-45(58)52-25-28-64-30-31-65-29-26-53-46(59)15-8-7-13-43-48-42(34-67-43)54-50(63)55-48/h1,3-4,10-11,17-24,32,42-43,48,51H,2,6-9,13-16,25-31,33-34H2,(H5,52,53,54,55,58,59,60,61,63)/p+1/t42-,43-,48-/m1/s1. The van der Waals surface area contributed by atoms with E-state index in [1.165, 1.54) is 0 Å². The summed E-state index contributed by atoms with van der Waals surface area (Å²) >= 11 is 1.88. The number of aliphatic carboxylic acids is 1. The molecule has 3 heterocycles. The van der Waals surface area contributed by atoms with Crippen molar-refractivity contribution >= 4 is 47.2 Å². The molecule has 6 rings (SSSR count). The van der Waals surface area contributed by atoms with Gasteiger partial charge in [-0.2, -0.15) is 11.8 Å². The minimum absolute atomic E-state index is 0.00611. The first kappa shape index (κ1) is 49.9. The lowest BCUT2D eigenvalue weighted by molar-refractivity contribution is -0.739. The van der Waals surface area contributed by atoms with Crippen LogP contribution in [-0.2, 0) is 37.0 Å². The quantitative estimate of drug-likeness (QED) is 0.0156. The molecule has 16 nitrogen and oxygen atoms in total. The van der Waals surface area contributed by atoms with Gasteiger partial charge in [0.2, 0.25) is 11.8 Å². The van der Waals surface area contributed by atoms with Crippen LogP contribution in [0.1, 0.15) is 84.8 Å². The summed E-state index contributed by atoms with van der Waals surface area (Å²) in [4.78, 5) is 60.5. The lowest BCUT2D eigenvalue weighted by atomic mass is 9.98. The van der Waals surface area contributed by atoms with E-state index in [2.05, 4.69) is 38.2 Å². The number of nitrogen functional groups attached to an aromatic ring is 1. The van der Waals surface area contributed by atoms with Gasteiger partial charge in [-0.1, -0.05) is 65.8 Å². The van der Waals surface area contributed by atoms with E-state index in [1.807, 2.05) is 66.4 Å². The predicted molar refractivity (Wildman–Crippen MR) is 254 cm³/mol. The number of urea groups is 1. The van der Waals surface area contributed by atoms with Crippen LogP contribution in [0.2, 0.25) is 0 Å². The van der Waals surface area contributed by atoms with Gasteiger partial charge in [-0.25, -0.2) is 4.79 Å². The van der Waals surface area contributed by atoms with Crippen molar-refractivity contribution < 1.29 is 48.0 Å². The molecule has 0 unspecified atom stereocenters. The number of aryl methyl sites for hydroxylation is 1. The van der Waals surface area contributed by atoms with Gasteiger partial charge in [0.05, 0.1) is 38.5 Å². The summed E-state index contributed by atoms with van der Waals surface area (Å²) in [6, 6.07) is 25.8. The molecular formula is C50H60N7O9S+. The van der Waals surface area contributed by atoms with Crippen molar-refractivity contribution in [1.29, 1.82) is 0 Å². The smallest absolute Gasteiger partial charge is 0.315 e. The molecule has 2 saturated heterocycles. The average molecular weight is 935 g/mol. The average Bonchev–Trinajstić information content (AvgIpc) is 3.89. The highest BCUT2D eigenvalue weighted by Crippen LogP contribution is 2.33. The second kappa shape index (κ2) is 26.6. The fourth-order valence-corrected chi connectivity index (χ4v) is 9.12. The van der Waals surface area contributed by atoms with E-state index < -0.39 is 5.97 Å². The Labute approximate surface area is 395 Å². The Morgan fingerprint density at radius 2 is 1.55 bits per heavy atom. The number of benzene rings is 3. The van der Waals surface area contributed by atoms with Gasteiger partial charge in [0.25, 0.3) is 5.82 Å². The Morgan fingerprint density at radius 3 is 2.28 bits per heavy atom. The van der Waals surface area contributed by atoms with E-state index in [1.54, 1.807) is 35.0 Å². The molecule has 67 heavy (non-hydrogen) atoms. The van der Waals surface area contributed by atoms with Gasteiger partial charge in [-0.3, -0.25) is 24.9 Å². The molecule has 0 aliphatic carbocycles. The van der Waals surface area contributed by atoms with Crippen molar-refractivity contribution in [3.05, 3.63) is 107 Å². The number of amides is 4. The second-order valence-corrected chi connectivity index (χ2v) is 17.5. The Kier molecular flexibility index (Phi) is 19.8. The van der Waals surface area contributed by atoms with Crippen molar-refractivity contribution in [2.75, 3.05) is 51.0 Å². The first-order valence-corrected chi connectivity index (χ1v) is 23.9. The number of thioether (sulfide) groups is 1. The molecule has 2 fully saturated rings. The summed E-state index contributed by atoms with van der Waals surface area (Å²) in [6.07, 6.45) is 4.96. The molecule has 3 aromatic carbocycles. The zero-order chi connectivity index (χ0) is 47.2. The van der Waals surface area contributed by atoms with Crippen LogP contribution in [0, 0.1) is 11.8 Å². The number of nitrogens with two attached hydrogens (primary N) is 1. The maximum Gasteiger partial charge on any atom is 0.315 e. The monoisotopic (exact) mass is 934 g/mol. The number of nitrogens with one attached hydrogen (secondary N) is 4. The number of anilines is 1. The molecule has 0 saturated carbocycles. The molecule has 354 valence electrons. The van der Waals surface area contributed by atoms with Crippen LogP contribution in [0.15, 0.2) is 84.9 Å². The van der Waals surface area contributed by atoms with E-state index in [4.69, 9.17) is 25.1 Å². The number of hydrogen-bond donors (Lipinski definition) is 6. The molecule has 2 aliphatic rings. The number of nitrogens with zero attached hydrogens (tertiary/aromatic N) is 2. The fraction of sp³-hybridized carbons (Fsp3) is 0.420. The molecule has 7 N–H and O–H groups in total. The predicted octanol–water partition coefficient (Wildman–Crippen LogP) is 4.81. The number of aromatic nitrogens is 2. The van der Waals surface area contributed by atoms with Crippen LogP contribution < -0.4 is 36.4 Å². The Morgan fingerprint density at radius 1 is 0.821 bits per heavy atom. The Bertz CT molecular complexity index is 2360. The van der Waals surface area contributed by atoms with Gasteiger partial charge in [-0.15, -0.1) is 4.68 Å². The summed E-state index contributed by atoms with van der Waals surface area (Å²) < 4.78 is 18.9. The number of carbonyl (C=O) groups is 5. The summed E-state index contributed by atoms with van der Waals surface area (Å²) in [5.74, 6) is 7.32. The summed E-state index contributed by atoms with van der Waals surface area (Å²) in [6.45, 7) is 2.87.